The predicted octanol–water partition coefficient (Wildman–Crippen LogP) is 3.77. The van der Waals surface area contributed by atoms with Crippen LogP contribution in [0.15, 0.2) is 21.3 Å². The fourth-order valence-electron chi connectivity index (χ4n) is 5.53. The molecule has 2 fully saturated rings. The van der Waals surface area contributed by atoms with Crippen molar-refractivity contribution in [1.82, 2.24) is 9.80 Å². The fourth-order valence-corrected chi connectivity index (χ4v) is 5.53. The average Bonchev–Trinajstić information content (AvgIpc) is 2.76. The van der Waals surface area contributed by atoms with Crippen molar-refractivity contribution in [1.29, 1.82) is 0 Å². The summed E-state index contributed by atoms with van der Waals surface area (Å²) >= 11 is 0. The van der Waals surface area contributed by atoms with Gasteiger partial charge in [0.1, 0.15) is 11.3 Å². The molecule has 0 aliphatic carbocycles. The summed E-state index contributed by atoms with van der Waals surface area (Å²) < 4.78 is 5.51. The van der Waals surface area contributed by atoms with Crippen molar-refractivity contribution < 1.29 is 14.3 Å². The van der Waals surface area contributed by atoms with Crippen LogP contribution in [0.4, 0.5) is 0 Å². The maximum absolute atomic E-state index is 12.9. The Bertz CT molecular complexity index is 1030. The normalized spacial score (nSPS) is 21.8. The molecule has 2 aromatic rings. The van der Waals surface area contributed by atoms with E-state index in [0.717, 1.165) is 17.5 Å². The Balaban J connectivity index is 1.43. The lowest BCUT2D eigenvalue weighted by molar-refractivity contribution is -0.131. The van der Waals surface area contributed by atoms with Crippen molar-refractivity contribution >= 4 is 16.9 Å². The van der Waals surface area contributed by atoms with Gasteiger partial charge < -0.3 is 19.3 Å². The summed E-state index contributed by atoms with van der Waals surface area (Å²) in [5.41, 5.74) is 1.94. The lowest BCUT2D eigenvalue weighted by atomic mass is 9.83. The molecule has 0 radical (unpaired) electrons. The van der Waals surface area contributed by atoms with E-state index in [1.54, 1.807) is 19.1 Å². The van der Waals surface area contributed by atoms with Crippen LogP contribution in [0.25, 0.3) is 11.0 Å². The molecular formula is C25H34N2O4. The average molecular weight is 427 g/mol. The Kier molecular flexibility index (Phi) is 6.37. The molecule has 2 aliphatic rings. The van der Waals surface area contributed by atoms with Crippen molar-refractivity contribution in [3.63, 3.8) is 0 Å². The first-order valence-electron chi connectivity index (χ1n) is 11.6. The molecule has 2 saturated heterocycles. The second-order valence-corrected chi connectivity index (χ2v) is 9.36. The molecule has 1 aromatic heterocycles. The highest BCUT2D eigenvalue weighted by molar-refractivity contribution is 5.85. The highest BCUT2D eigenvalue weighted by Crippen LogP contribution is 2.32. The molecule has 1 amide bonds. The van der Waals surface area contributed by atoms with Crippen LogP contribution in [0.2, 0.25) is 0 Å². The number of fused-ring (bicyclic) bond motifs is 2. The Hall–Kier alpha value is -2.34. The van der Waals surface area contributed by atoms with Gasteiger partial charge in [-0.3, -0.25) is 4.79 Å². The molecule has 6 nitrogen and oxygen atoms in total. The van der Waals surface area contributed by atoms with E-state index in [-0.39, 0.29) is 11.7 Å². The van der Waals surface area contributed by atoms with E-state index in [4.69, 9.17) is 4.42 Å². The molecule has 2 unspecified atom stereocenters. The van der Waals surface area contributed by atoms with Gasteiger partial charge in [-0.1, -0.05) is 6.42 Å². The number of aromatic hydroxyl groups is 1. The number of carbonyl (C=O) groups is 1. The zero-order valence-corrected chi connectivity index (χ0v) is 18.9. The van der Waals surface area contributed by atoms with Crippen LogP contribution in [-0.4, -0.2) is 53.5 Å². The first kappa shape index (κ1) is 21.9. The number of carbonyl (C=O) groups excluding carboxylic acids is 1. The first-order chi connectivity index (χ1) is 14.9. The quantitative estimate of drug-likeness (QED) is 0.737. The SMILES string of the molecule is Cc1c(CCC(=O)N(C)CC2CCCN3CCCCC23)c(=O)oc2c(C)c(O)ccc12. The number of benzene rings is 1. The smallest absolute Gasteiger partial charge is 0.339 e. The van der Waals surface area contributed by atoms with Crippen molar-refractivity contribution in [3.8, 4) is 5.75 Å². The molecule has 2 aliphatic heterocycles. The summed E-state index contributed by atoms with van der Waals surface area (Å²) in [6, 6.07) is 4.01. The van der Waals surface area contributed by atoms with E-state index < -0.39 is 5.63 Å². The van der Waals surface area contributed by atoms with Crippen molar-refractivity contribution in [3.05, 3.63) is 39.2 Å². The maximum atomic E-state index is 12.9. The van der Waals surface area contributed by atoms with E-state index in [9.17, 15) is 14.7 Å². The number of hydrogen-bond acceptors (Lipinski definition) is 5. The Morgan fingerprint density at radius 2 is 1.94 bits per heavy atom. The zero-order valence-electron chi connectivity index (χ0n) is 18.9. The van der Waals surface area contributed by atoms with Crippen LogP contribution in [0.1, 0.15) is 55.2 Å². The van der Waals surface area contributed by atoms with E-state index in [1.165, 1.54) is 45.2 Å². The lowest BCUT2D eigenvalue weighted by Crippen LogP contribution is -2.51. The van der Waals surface area contributed by atoms with Gasteiger partial charge in [-0.25, -0.2) is 4.79 Å². The number of hydrogen-bond donors (Lipinski definition) is 1. The van der Waals surface area contributed by atoms with Gasteiger partial charge in [-0.2, -0.15) is 0 Å². The van der Waals surface area contributed by atoms with Gasteiger partial charge in [0.05, 0.1) is 0 Å². The second kappa shape index (κ2) is 9.03. The summed E-state index contributed by atoms with van der Waals surface area (Å²) in [6.45, 7) is 6.82. The largest absolute Gasteiger partial charge is 0.508 e. The van der Waals surface area contributed by atoms with Crippen LogP contribution >= 0.6 is 0 Å². The Morgan fingerprint density at radius 1 is 1.16 bits per heavy atom. The highest BCUT2D eigenvalue weighted by Gasteiger charge is 2.34. The number of piperidine rings is 2. The van der Waals surface area contributed by atoms with Gasteiger partial charge in [-0.05, 0) is 82.7 Å². The van der Waals surface area contributed by atoms with E-state index in [2.05, 4.69) is 4.90 Å². The van der Waals surface area contributed by atoms with E-state index >= 15 is 0 Å². The number of phenols is 1. The topological polar surface area (TPSA) is 74.0 Å². The van der Waals surface area contributed by atoms with Crippen LogP contribution < -0.4 is 5.63 Å². The number of rotatable bonds is 5. The van der Waals surface area contributed by atoms with E-state index in [0.29, 0.717) is 41.5 Å². The molecule has 2 atom stereocenters. The molecule has 0 saturated carbocycles. The van der Waals surface area contributed by atoms with Gasteiger partial charge in [0.25, 0.3) is 0 Å². The minimum Gasteiger partial charge on any atom is -0.508 e. The summed E-state index contributed by atoms with van der Waals surface area (Å²) in [5.74, 6) is 0.735. The van der Waals surface area contributed by atoms with Crippen LogP contribution in [-0.2, 0) is 11.2 Å². The fraction of sp³-hybridized carbons (Fsp3) is 0.600. The van der Waals surface area contributed by atoms with E-state index in [1.807, 2.05) is 18.9 Å². The second-order valence-electron chi connectivity index (χ2n) is 9.36. The van der Waals surface area contributed by atoms with Crippen molar-refractivity contribution in [2.75, 3.05) is 26.7 Å². The number of nitrogens with zero attached hydrogens (tertiary/aromatic N) is 2. The highest BCUT2D eigenvalue weighted by atomic mass is 16.4. The summed E-state index contributed by atoms with van der Waals surface area (Å²) in [4.78, 5) is 30.0. The lowest BCUT2D eigenvalue weighted by Gasteiger charge is -2.45. The number of amides is 1. The third-order valence-corrected chi connectivity index (χ3v) is 7.43. The minimum atomic E-state index is -0.417. The summed E-state index contributed by atoms with van der Waals surface area (Å²) in [5, 5.41) is 10.7. The first-order valence-corrected chi connectivity index (χ1v) is 11.6. The third kappa shape index (κ3) is 4.36. The van der Waals surface area contributed by atoms with Crippen LogP contribution in [0.5, 0.6) is 5.75 Å². The van der Waals surface area contributed by atoms with Crippen LogP contribution in [0, 0.1) is 19.8 Å². The van der Waals surface area contributed by atoms with Crippen LogP contribution in [0.3, 0.4) is 0 Å². The zero-order chi connectivity index (χ0) is 22.1. The molecule has 6 heteroatoms. The van der Waals surface area contributed by atoms with Crippen molar-refractivity contribution in [2.45, 2.75) is 64.8 Å². The monoisotopic (exact) mass is 426 g/mol. The standard InChI is InChI=1S/C25H34N2O4/c1-16-19-9-11-22(28)17(2)24(19)31-25(30)20(16)10-12-23(29)26(3)15-18-7-6-14-27-13-5-4-8-21(18)27/h9,11,18,21,28H,4-8,10,12-15H2,1-3H3. The predicted molar refractivity (Wildman–Crippen MR) is 122 cm³/mol. The molecule has 0 spiro atoms. The molecule has 4 rings (SSSR count). The summed E-state index contributed by atoms with van der Waals surface area (Å²) in [6.07, 6.45) is 6.92. The van der Waals surface area contributed by atoms with Crippen molar-refractivity contribution in [2.24, 2.45) is 5.92 Å². The van der Waals surface area contributed by atoms with Gasteiger partial charge >= 0.3 is 5.63 Å². The molecule has 168 valence electrons. The molecule has 3 heterocycles. The molecule has 1 N–H and O–H groups in total. The van der Waals surface area contributed by atoms with Gasteiger partial charge in [0.15, 0.2) is 0 Å². The number of aryl methyl sites for hydroxylation is 2. The number of phenolic OH excluding ortho intramolecular Hbond substituents is 1. The molecular weight excluding hydrogens is 392 g/mol. The molecule has 0 bridgehead atoms. The Labute approximate surface area is 183 Å². The summed E-state index contributed by atoms with van der Waals surface area (Å²) in [7, 11) is 1.89. The maximum Gasteiger partial charge on any atom is 0.339 e. The van der Waals surface area contributed by atoms with Gasteiger partial charge in [0, 0.05) is 42.6 Å². The molecule has 31 heavy (non-hydrogen) atoms. The van der Waals surface area contributed by atoms with Gasteiger partial charge in [-0.15, -0.1) is 0 Å². The Morgan fingerprint density at radius 3 is 2.74 bits per heavy atom. The molecule has 1 aromatic carbocycles. The third-order valence-electron chi connectivity index (χ3n) is 7.43. The minimum absolute atomic E-state index is 0.0775. The van der Waals surface area contributed by atoms with Gasteiger partial charge in [0.2, 0.25) is 5.91 Å².